The lowest BCUT2D eigenvalue weighted by Crippen LogP contribution is -2.35. The molecular formula is C18H22N2O. The third-order valence-corrected chi connectivity index (χ3v) is 4.32. The number of pyridine rings is 1. The third-order valence-electron chi connectivity index (χ3n) is 4.32. The Morgan fingerprint density at radius 3 is 2.43 bits per heavy atom. The minimum Gasteiger partial charge on any atom is -0.387 e. The lowest BCUT2D eigenvalue weighted by Gasteiger charge is -2.34. The number of aliphatic hydroxyl groups excluding tert-OH is 1. The van der Waals surface area contributed by atoms with E-state index in [1.807, 2.05) is 18.2 Å². The van der Waals surface area contributed by atoms with Crippen LogP contribution in [0.15, 0.2) is 54.7 Å². The Balaban J connectivity index is 1.53. The van der Waals surface area contributed by atoms with E-state index in [-0.39, 0.29) is 0 Å². The van der Waals surface area contributed by atoms with Crippen molar-refractivity contribution >= 4 is 0 Å². The van der Waals surface area contributed by atoms with E-state index in [9.17, 15) is 5.11 Å². The number of aliphatic hydroxyl groups is 1. The molecule has 3 heteroatoms. The summed E-state index contributed by atoms with van der Waals surface area (Å²) >= 11 is 0. The molecule has 3 nitrogen and oxygen atoms in total. The average molecular weight is 282 g/mol. The Labute approximate surface area is 126 Å². The van der Waals surface area contributed by atoms with Crippen molar-refractivity contribution in [2.24, 2.45) is 5.92 Å². The van der Waals surface area contributed by atoms with Crippen molar-refractivity contribution in [2.75, 3.05) is 13.1 Å². The summed E-state index contributed by atoms with van der Waals surface area (Å²) in [7, 11) is 0. The minimum absolute atomic E-state index is 0.326. The van der Waals surface area contributed by atoms with Crippen LogP contribution >= 0.6 is 0 Å². The molecule has 0 saturated carbocycles. The summed E-state index contributed by atoms with van der Waals surface area (Å²) in [6.45, 7) is 3.10. The fraction of sp³-hybridized carbons (Fsp3) is 0.389. The lowest BCUT2D eigenvalue weighted by atomic mass is 9.89. The topological polar surface area (TPSA) is 36.4 Å². The molecule has 1 N–H and O–H groups in total. The van der Waals surface area contributed by atoms with E-state index in [0.29, 0.717) is 5.92 Å². The third kappa shape index (κ3) is 3.69. The van der Waals surface area contributed by atoms with Gasteiger partial charge in [0.15, 0.2) is 0 Å². The van der Waals surface area contributed by atoms with Crippen LogP contribution in [-0.4, -0.2) is 28.1 Å². The molecule has 2 aromatic rings. The molecule has 0 amide bonds. The molecule has 110 valence electrons. The van der Waals surface area contributed by atoms with Crippen molar-refractivity contribution in [2.45, 2.75) is 25.5 Å². The predicted octanol–water partition coefficient (Wildman–Crippen LogP) is 3.03. The van der Waals surface area contributed by atoms with Gasteiger partial charge in [-0.1, -0.05) is 36.4 Å². The molecular weight excluding hydrogens is 260 g/mol. The normalized spacial score (nSPS) is 18.5. The molecule has 0 radical (unpaired) electrons. The summed E-state index contributed by atoms with van der Waals surface area (Å²) in [5.74, 6) is 0.326. The summed E-state index contributed by atoms with van der Waals surface area (Å²) in [6, 6.07) is 16.3. The molecule has 1 saturated heterocycles. The Bertz CT molecular complexity index is 536. The number of aromatic nitrogens is 1. The Morgan fingerprint density at radius 1 is 1.05 bits per heavy atom. The van der Waals surface area contributed by atoms with Gasteiger partial charge in [-0.2, -0.15) is 0 Å². The summed E-state index contributed by atoms with van der Waals surface area (Å²) in [4.78, 5) is 6.75. The predicted molar refractivity (Wildman–Crippen MR) is 83.6 cm³/mol. The molecule has 21 heavy (non-hydrogen) atoms. The smallest absolute Gasteiger partial charge is 0.0988 e. The molecule has 1 atom stereocenters. The van der Waals surface area contributed by atoms with Crippen LogP contribution < -0.4 is 0 Å². The van der Waals surface area contributed by atoms with Crippen LogP contribution in [0.4, 0.5) is 0 Å². The molecule has 1 aliphatic heterocycles. The first-order valence-corrected chi connectivity index (χ1v) is 7.68. The highest BCUT2D eigenvalue weighted by Crippen LogP contribution is 2.30. The fourth-order valence-electron chi connectivity index (χ4n) is 3.06. The van der Waals surface area contributed by atoms with Gasteiger partial charge in [0.2, 0.25) is 0 Å². The van der Waals surface area contributed by atoms with Crippen LogP contribution in [0.25, 0.3) is 0 Å². The highest BCUT2D eigenvalue weighted by Gasteiger charge is 2.26. The maximum Gasteiger partial charge on any atom is 0.0988 e. The van der Waals surface area contributed by atoms with E-state index >= 15 is 0 Å². The first kappa shape index (κ1) is 14.2. The Morgan fingerprint density at radius 2 is 1.76 bits per heavy atom. The first-order chi connectivity index (χ1) is 10.3. The molecule has 0 aliphatic carbocycles. The highest BCUT2D eigenvalue weighted by molar-refractivity contribution is 5.14. The highest BCUT2D eigenvalue weighted by atomic mass is 16.3. The lowest BCUT2D eigenvalue weighted by molar-refractivity contribution is 0.0540. The van der Waals surface area contributed by atoms with Crippen molar-refractivity contribution < 1.29 is 5.11 Å². The molecule has 1 aromatic heterocycles. The van der Waals surface area contributed by atoms with Crippen molar-refractivity contribution in [1.29, 1.82) is 0 Å². The SMILES string of the molecule is OC(c1ccccn1)C1CCN(Cc2ccccc2)CC1. The zero-order valence-electron chi connectivity index (χ0n) is 12.2. The summed E-state index contributed by atoms with van der Waals surface area (Å²) in [5.41, 5.74) is 2.17. The van der Waals surface area contributed by atoms with E-state index in [2.05, 4.69) is 40.2 Å². The Kier molecular flexibility index (Phi) is 4.63. The molecule has 0 spiro atoms. The minimum atomic E-state index is -0.426. The van der Waals surface area contributed by atoms with Crippen LogP contribution in [0.2, 0.25) is 0 Å². The quantitative estimate of drug-likeness (QED) is 0.936. The monoisotopic (exact) mass is 282 g/mol. The van der Waals surface area contributed by atoms with Crippen molar-refractivity contribution in [3.63, 3.8) is 0 Å². The van der Waals surface area contributed by atoms with E-state index in [4.69, 9.17) is 0 Å². The number of piperidine rings is 1. The van der Waals surface area contributed by atoms with Gasteiger partial charge in [0.05, 0.1) is 11.8 Å². The second-order valence-corrected chi connectivity index (χ2v) is 5.80. The second-order valence-electron chi connectivity index (χ2n) is 5.80. The van der Waals surface area contributed by atoms with Gasteiger partial charge in [0.1, 0.15) is 0 Å². The summed E-state index contributed by atoms with van der Waals surface area (Å²) in [5, 5.41) is 10.4. The molecule has 0 bridgehead atoms. The van der Waals surface area contributed by atoms with Crippen molar-refractivity contribution in [3.05, 3.63) is 66.0 Å². The molecule has 1 fully saturated rings. The van der Waals surface area contributed by atoms with Gasteiger partial charge in [0.25, 0.3) is 0 Å². The average Bonchev–Trinajstić information content (AvgIpc) is 2.57. The van der Waals surface area contributed by atoms with Crippen LogP contribution in [0.5, 0.6) is 0 Å². The van der Waals surface area contributed by atoms with Gasteiger partial charge in [-0.25, -0.2) is 0 Å². The van der Waals surface area contributed by atoms with E-state index < -0.39 is 6.10 Å². The first-order valence-electron chi connectivity index (χ1n) is 7.68. The number of benzene rings is 1. The van der Waals surface area contributed by atoms with Gasteiger partial charge in [-0.05, 0) is 49.5 Å². The van der Waals surface area contributed by atoms with Gasteiger partial charge in [-0.15, -0.1) is 0 Å². The zero-order valence-corrected chi connectivity index (χ0v) is 12.2. The molecule has 1 aromatic carbocycles. The van der Waals surface area contributed by atoms with E-state index in [0.717, 1.165) is 38.2 Å². The summed E-state index contributed by atoms with van der Waals surface area (Å²) in [6.07, 6.45) is 3.39. The van der Waals surface area contributed by atoms with Gasteiger partial charge in [-0.3, -0.25) is 9.88 Å². The van der Waals surface area contributed by atoms with Crippen LogP contribution in [0.3, 0.4) is 0 Å². The van der Waals surface area contributed by atoms with E-state index in [1.165, 1.54) is 5.56 Å². The fourth-order valence-corrected chi connectivity index (χ4v) is 3.06. The maximum absolute atomic E-state index is 10.4. The molecule has 1 unspecified atom stereocenters. The largest absolute Gasteiger partial charge is 0.387 e. The Hall–Kier alpha value is -1.71. The van der Waals surface area contributed by atoms with Crippen LogP contribution in [-0.2, 0) is 6.54 Å². The number of hydrogen-bond acceptors (Lipinski definition) is 3. The number of hydrogen-bond donors (Lipinski definition) is 1. The van der Waals surface area contributed by atoms with Crippen LogP contribution in [0.1, 0.15) is 30.2 Å². The summed E-state index contributed by atoms with van der Waals surface area (Å²) < 4.78 is 0. The van der Waals surface area contributed by atoms with Crippen LogP contribution in [0, 0.1) is 5.92 Å². The standard InChI is InChI=1S/C18H22N2O/c21-18(17-8-4-5-11-19-17)16-9-12-20(13-10-16)14-15-6-2-1-3-7-15/h1-8,11,16,18,21H,9-10,12-14H2. The zero-order chi connectivity index (χ0) is 14.5. The van der Waals surface area contributed by atoms with Gasteiger partial charge < -0.3 is 5.11 Å². The van der Waals surface area contributed by atoms with Gasteiger partial charge >= 0.3 is 0 Å². The number of likely N-dealkylation sites (tertiary alicyclic amines) is 1. The van der Waals surface area contributed by atoms with E-state index in [1.54, 1.807) is 6.20 Å². The molecule has 1 aliphatic rings. The number of nitrogens with zero attached hydrogens (tertiary/aromatic N) is 2. The maximum atomic E-state index is 10.4. The van der Waals surface area contributed by atoms with Crippen molar-refractivity contribution in [1.82, 2.24) is 9.88 Å². The second kappa shape index (κ2) is 6.83. The molecule has 3 rings (SSSR count). The van der Waals surface area contributed by atoms with Crippen molar-refractivity contribution in [3.8, 4) is 0 Å². The van der Waals surface area contributed by atoms with Gasteiger partial charge in [0, 0.05) is 12.7 Å². The molecule has 2 heterocycles. The number of rotatable bonds is 4.